The van der Waals surface area contributed by atoms with Crippen LogP contribution < -0.4 is 15.4 Å². The Morgan fingerprint density at radius 2 is 1.69 bits per heavy atom. The zero-order valence-corrected chi connectivity index (χ0v) is 33.1. The van der Waals surface area contributed by atoms with Crippen molar-refractivity contribution >= 4 is 29.1 Å². The number of methoxy groups -OCH3 is 1. The van der Waals surface area contributed by atoms with Crippen molar-refractivity contribution in [3.05, 3.63) is 107 Å². The number of aromatic nitrogens is 1. The fourth-order valence-corrected chi connectivity index (χ4v) is 7.74. The first-order valence-electron chi connectivity index (χ1n) is 18.7. The van der Waals surface area contributed by atoms with Gasteiger partial charge < -0.3 is 30.3 Å². The molecule has 5 rings (SSSR count). The summed E-state index contributed by atoms with van der Waals surface area (Å²) in [6, 6.07) is 19.4. The molecule has 1 aromatic heterocycles. The Kier molecular flexibility index (Phi) is 13.8. The number of aliphatic hydroxyl groups is 2. The lowest BCUT2D eigenvalue weighted by molar-refractivity contribution is -0.146. The van der Waals surface area contributed by atoms with Crippen molar-refractivity contribution in [2.24, 2.45) is 17.3 Å². The zero-order chi connectivity index (χ0) is 39.9. The van der Waals surface area contributed by atoms with E-state index >= 15 is 4.39 Å². The lowest BCUT2D eigenvalue weighted by Gasteiger charge is -2.34. The molecule has 12 heteroatoms. The number of thiazole rings is 1. The maximum Gasteiger partial charge on any atom is 0.306 e. The molecule has 3 aromatic carbocycles. The van der Waals surface area contributed by atoms with Crippen molar-refractivity contribution in [2.45, 2.75) is 90.5 Å². The summed E-state index contributed by atoms with van der Waals surface area (Å²) < 4.78 is 25.6. The van der Waals surface area contributed by atoms with Crippen LogP contribution in [0.25, 0.3) is 10.4 Å². The second-order valence-electron chi connectivity index (χ2n) is 15.6. The minimum Gasteiger partial charge on any atom is -0.490 e. The third-order valence-electron chi connectivity index (χ3n) is 10.1. The minimum absolute atomic E-state index is 0.0299. The molecule has 0 saturated heterocycles. The first-order chi connectivity index (χ1) is 26.1. The molecule has 4 N–H and O–H groups in total. The smallest absolute Gasteiger partial charge is 0.306 e. The molecule has 0 radical (unpaired) electrons. The van der Waals surface area contributed by atoms with E-state index in [2.05, 4.69) is 29.5 Å². The van der Waals surface area contributed by atoms with Gasteiger partial charge >= 0.3 is 5.97 Å². The monoisotopic (exact) mass is 773 g/mol. The van der Waals surface area contributed by atoms with Gasteiger partial charge in [-0.3, -0.25) is 14.4 Å². The quantitative estimate of drug-likeness (QED) is 0.0996. The van der Waals surface area contributed by atoms with Gasteiger partial charge in [-0.15, -0.1) is 11.3 Å². The van der Waals surface area contributed by atoms with E-state index in [0.717, 1.165) is 21.0 Å². The van der Waals surface area contributed by atoms with Crippen molar-refractivity contribution < 1.29 is 38.5 Å². The Labute approximate surface area is 326 Å². The summed E-state index contributed by atoms with van der Waals surface area (Å²) in [5.41, 5.74) is 2.06. The third kappa shape index (κ3) is 10.8. The van der Waals surface area contributed by atoms with E-state index < -0.39 is 65.1 Å². The molecule has 1 aliphatic heterocycles. The number of esters is 1. The number of carbonyl (C=O) groups excluding carboxylic acids is 3. The van der Waals surface area contributed by atoms with Gasteiger partial charge in [0.15, 0.2) is 0 Å². The molecule has 10 nitrogen and oxygen atoms in total. The standard InChI is InChI=1S/C43H52FN3O7S/c1-25(2)42-45-23-37(55-42)27-17-15-26(16-18-27)19-33(46-41(52)31(43(3,4)5)22-38(50)53-6)34(48)21-29(20-28-11-7-9-13-32(28)44)40(51)47-39-30-12-8-10-14-36(30)54-24-35(39)49/h7-18,23,25,29,31,33-35,39,48-49H,19-22,24H2,1-6H3,(H,46,52)(H,47,51)/t29-,31-,33+,34+,35-,39+/m1/s1. The van der Waals surface area contributed by atoms with E-state index in [1.54, 1.807) is 53.8 Å². The van der Waals surface area contributed by atoms with E-state index in [0.29, 0.717) is 17.2 Å². The van der Waals surface area contributed by atoms with Crippen LogP contribution in [0.1, 0.15) is 81.1 Å². The van der Waals surface area contributed by atoms with Gasteiger partial charge in [0.1, 0.15) is 24.3 Å². The fraction of sp³-hybridized carbons (Fsp3) is 0.442. The van der Waals surface area contributed by atoms with Crippen LogP contribution in [-0.2, 0) is 32.0 Å². The normalized spacial score (nSPS) is 17.6. The van der Waals surface area contributed by atoms with Crippen molar-refractivity contribution in [3.8, 4) is 16.2 Å². The summed E-state index contributed by atoms with van der Waals surface area (Å²) in [4.78, 5) is 46.2. The lowest BCUT2D eigenvalue weighted by atomic mass is 9.77. The van der Waals surface area contributed by atoms with Crippen LogP contribution in [0.15, 0.2) is 79.0 Å². The zero-order valence-electron chi connectivity index (χ0n) is 32.3. The molecule has 0 aliphatic carbocycles. The number of aliphatic hydroxyl groups excluding tert-OH is 2. The van der Waals surface area contributed by atoms with Crippen molar-refractivity contribution in [3.63, 3.8) is 0 Å². The van der Waals surface area contributed by atoms with Gasteiger partial charge in [-0.1, -0.05) is 95.3 Å². The third-order valence-corrected chi connectivity index (χ3v) is 11.5. The van der Waals surface area contributed by atoms with E-state index in [4.69, 9.17) is 9.47 Å². The first-order valence-corrected chi connectivity index (χ1v) is 19.5. The Morgan fingerprint density at radius 3 is 2.35 bits per heavy atom. The van der Waals surface area contributed by atoms with Gasteiger partial charge in [0, 0.05) is 23.6 Å². The van der Waals surface area contributed by atoms with E-state index in [1.807, 2.05) is 51.2 Å². The molecule has 2 amide bonds. The van der Waals surface area contributed by atoms with Crippen LogP contribution in [0.2, 0.25) is 0 Å². The number of carbonyl (C=O) groups is 3. The van der Waals surface area contributed by atoms with Crippen LogP contribution in [0, 0.1) is 23.1 Å². The second kappa shape index (κ2) is 18.3. The Morgan fingerprint density at radius 1 is 1.00 bits per heavy atom. The molecule has 0 fully saturated rings. The number of nitrogens with zero attached hydrogens (tertiary/aromatic N) is 1. The number of para-hydroxylation sites is 1. The molecule has 2 heterocycles. The van der Waals surface area contributed by atoms with Crippen molar-refractivity contribution in [1.29, 1.82) is 0 Å². The molecular formula is C43H52FN3O7S. The van der Waals surface area contributed by atoms with Gasteiger partial charge in [-0.05, 0) is 53.5 Å². The number of rotatable bonds is 15. The van der Waals surface area contributed by atoms with Crippen LogP contribution in [-0.4, -0.2) is 64.9 Å². The van der Waals surface area contributed by atoms with Gasteiger partial charge in [-0.2, -0.15) is 0 Å². The highest BCUT2D eigenvalue weighted by Crippen LogP contribution is 2.34. The Bertz CT molecular complexity index is 1930. The average molecular weight is 774 g/mol. The van der Waals surface area contributed by atoms with Crippen LogP contribution in [0.5, 0.6) is 5.75 Å². The summed E-state index contributed by atoms with van der Waals surface area (Å²) in [5, 5.41) is 29.9. The molecular weight excluding hydrogens is 722 g/mol. The number of ether oxygens (including phenoxy) is 2. The topological polar surface area (TPSA) is 147 Å². The largest absolute Gasteiger partial charge is 0.490 e. The highest BCUT2D eigenvalue weighted by Gasteiger charge is 2.38. The number of benzene rings is 3. The highest BCUT2D eigenvalue weighted by atomic mass is 32.1. The predicted octanol–water partition coefficient (Wildman–Crippen LogP) is 6.55. The number of amides is 2. The molecule has 0 spiro atoms. The number of hydrogen-bond donors (Lipinski definition) is 4. The maximum absolute atomic E-state index is 15.1. The van der Waals surface area contributed by atoms with Crippen molar-refractivity contribution in [1.82, 2.24) is 15.6 Å². The molecule has 294 valence electrons. The number of hydrogen-bond acceptors (Lipinski definition) is 9. The fourth-order valence-electron chi connectivity index (χ4n) is 6.82. The predicted molar refractivity (Wildman–Crippen MR) is 210 cm³/mol. The molecule has 55 heavy (non-hydrogen) atoms. The van der Waals surface area contributed by atoms with Gasteiger partial charge in [0.2, 0.25) is 11.8 Å². The summed E-state index contributed by atoms with van der Waals surface area (Å²) in [6.07, 6.45) is -0.641. The number of fused-ring (bicyclic) bond motifs is 1. The first kappa shape index (κ1) is 41.5. The molecule has 4 aromatic rings. The second-order valence-corrected chi connectivity index (χ2v) is 16.7. The summed E-state index contributed by atoms with van der Waals surface area (Å²) in [5.74, 6) is -2.88. The van der Waals surface area contributed by atoms with Gasteiger partial charge in [0.05, 0.1) is 47.5 Å². The highest BCUT2D eigenvalue weighted by molar-refractivity contribution is 7.15. The van der Waals surface area contributed by atoms with Crippen LogP contribution in [0.3, 0.4) is 0 Å². The van der Waals surface area contributed by atoms with Crippen molar-refractivity contribution in [2.75, 3.05) is 13.7 Å². The molecule has 6 atom stereocenters. The van der Waals surface area contributed by atoms with Crippen LogP contribution >= 0.6 is 11.3 Å². The summed E-state index contributed by atoms with van der Waals surface area (Å²) >= 11 is 1.63. The summed E-state index contributed by atoms with van der Waals surface area (Å²) in [6.45, 7) is 9.72. The minimum atomic E-state index is -1.29. The SMILES string of the molecule is COC(=O)C[C@H](C(=O)N[C@@H](Cc1ccc(-c2cnc(C(C)C)s2)cc1)[C@@H](O)C[C@@H](Cc1ccccc1F)C(=O)N[C@H]1c2ccccc2OC[C@H]1O)C(C)(C)C. The molecule has 0 bridgehead atoms. The van der Waals surface area contributed by atoms with E-state index in [-0.39, 0.29) is 37.9 Å². The van der Waals surface area contributed by atoms with E-state index in [1.165, 1.54) is 13.2 Å². The number of nitrogens with one attached hydrogen (secondary N) is 2. The average Bonchev–Trinajstić information content (AvgIpc) is 3.66. The molecule has 0 unspecified atom stereocenters. The van der Waals surface area contributed by atoms with Gasteiger partial charge in [-0.25, -0.2) is 9.37 Å². The maximum atomic E-state index is 15.1. The molecule has 1 aliphatic rings. The Hall–Kier alpha value is -4.65. The summed E-state index contributed by atoms with van der Waals surface area (Å²) in [7, 11) is 1.27. The Balaban J connectivity index is 1.44. The number of halogens is 1. The van der Waals surface area contributed by atoms with Gasteiger partial charge in [0.25, 0.3) is 0 Å². The van der Waals surface area contributed by atoms with Crippen LogP contribution in [0.4, 0.5) is 4.39 Å². The van der Waals surface area contributed by atoms with E-state index in [9.17, 15) is 24.6 Å². The molecule has 0 saturated carbocycles. The lowest BCUT2D eigenvalue weighted by Crippen LogP contribution is -2.51.